The van der Waals surface area contributed by atoms with Gasteiger partial charge in [0.25, 0.3) is 0 Å². The van der Waals surface area contributed by atoms with Gasteiger partial charge in [0.2, 0.25) is 5.91 Å². The van der Waals surface area contributed by atoms with Crippen LogP contribution in [0.5, 0.6) is 0 Å². The summed E-state index contributed by atoms with van der Waals surface area (Å²) in [5, 5.41) is 4.61. The van der Waals surface area contributed by atoms with Gasteiger partial charge in [0.15, 0.2) is 0 Å². The summed E-state index contributed by atoms with van der Waals surface area (Å²) in [4.78, 5) is 20.4. The van der Waals surface area contributed by atoms with Gasteiger partial charge in [-0.25, -0.2) is 9.37 Å². The predicted molar refractivity (Wildman–Crippen MR) is 131 cm³/mol. The van der Waals surface area contributed by atoms with Gasteiger partial charge < -0.3 is 10.3 Å². The number of alkyl halides is 3. The van der Waals surface area contributed by atoms with E-state index in [0.717, 1.165) is 33.9 Å². The van der Waals surface area contributed by atoms with E-state index in [-0.39, 0.29) is 12.4 Å². The Bertz CT molecular complexity index is 1600. The van der Waals surface area contributed by atoms with Gasteiger partial charge in [0, 0.05) is 27.9 Å². The first-order valence-corrected chi connectivity index (χ1v) is 11.1. The molecule has 0 saturated heterocycles. The third kappa shape index (κ3) is 4.84. The average Bonchev–Trinajstić information content (AvgIpc) is 3.24. The van der Waals surface area contributed by atoms with Crippen LogP contribution in [0.15, 0.2) is 84.9 Å². The summed E-state index contributed by atoms with van der Waals surface area (Å²) in [7, 11) is 0. The molecule has 2 aromatic heterocycles. The minimum absolute atomic E-state index is 0.105. The zero-order chi connectivity index (χ0) is 25.3. The van der Waals surface area contributed by atoms with E-state index in [1.54, 1.807) is 12.1 Å². The second-order valence-electron chi connectivity index (χ2n) is 8.24. The molecule has 0 radical (unpaired) electrons. The highest BCUT2D eigenvalue weighted by molar-refractivity contribution is 6.11. The van der Waals surface area contributed by atoms with Gasteiger partial charge >= 0.3 is 6.18 Å². The number of carbonyl (C=O) groups is 1. The SMILES string of the molecule is O=C(/C=C/c1ccc(C(F)(F)F)cc1)NCc1cc2c([nH]c3ccccc32)c(-c2cccc(F)c2)n1. The molecular weight excluding hydrogens is 470 g/mol. The number of nitrogens with one attached hydrogen (secondary N) is 2. The number of halogens is 4. The topological polar surface area (TPSA) is 57.8 Å². The lowest BCUT2D eigenvalue weighted by molar-refractivity contribution is -0.137. The predicted octanol–water partition coefficient (Wildman–Crippen LogP) is 6.87. The lowest BCUT2D eigenvalue weighted by Gasteiger charge is -2.08. The molecule has 0 aliphatic rings. The standard InChI is InChI=1S/C28H19F4N3O/c29-20-5-3-4-18(14-20)26-27-23(22-6-1-2-7-24(22)35-27)15-21(34-26)16-33-25(36)13-10-17-8-11-19(12-9-17)28(30,31)32/h1-15,35H,16H2,(H,33,36)/b13-10+. The van der Waals surface area contributed by atoms with E-state index < -0.39 is 17.6 Å². The molecule has 3 aromatic carbocycles. The normalized spacial score (nSPS) is 12.0. The van der Waals surface area contributed by atoms with Gasteiger partial charge in [-0.2, -0.15) is 13.2 Å². The van der Waals surface area contributed by atoms with Gasteiger partial charge in [-0.05, 0) is 48.0 Å². The van der Waals surface area contributed by atoms with Crippen LogP contribution in [-0.4, -0.2) is 15.9 Å². The molecule has 1 amide bonds. The molecule has 0 spiro atoms. The fraction of sp³-hybridized carbons (Fsp3) is 0.0714. The molecule has 0 fully saturated rings. The van der Waals surface area contributed by atoms with Crippen LogP contribution in [0, 0.1) is 5.82 Å². The van der Waals surface area contributed by atoms with E-state index in [4.69, 9.17) is 0 Å². The van der Waals surface area contributed by atoms with Crippen molar-refractivity contribution in [1.82, 2.24) is 15.3 Å². The Hall–Kier alpha value is -4.46. The quantitative estimate of drug-likeness (QED) is 0.209. The first kappa shape index (κ1) is 23.3. The average molecular weight is 489 g/mol. The zero-order valence-corrected chi connectivity index (χ0v) is 18.7. The maximum atomic E-state index is 14.0. The number of amides is 1. The molecule has 36 heavy (non-hydrogen) atoms. The van der Waals surface area contributed by atoms with Crippen LogP contribution >= 0.6 is 0 Å². The van der Waals surface area contributed by atoms with Crippen molar-refractivity contribution in [3.63, 3.8) is 0 Å². The highest BCUT2D eigenvalue weighted by Gasteiger charge is 2.29. The molecule has 8 heteroatoms. The molecule has 0 aliphatic heterocycles. The summed E-state index contributed by atoms with van der Waals surface area (Å²) in [6.07, 6.45) is -1.73. The first-order chi connectivity index (χ1) is 17.3. The lowest BCUT2D eigenvalue weighted by Crippen LogP contribution is -2.21. The Morgan fingerprint density at radius 3 is 2.47 bits per heavy atom. The summed E-state index contributed by atoms with van der Waals surface area (Å²) in [6.45, 7) is 0.105. The first-order valence-electron chi connectivity index (χ1n) is 11.1. The number of carbonyl (C=O) groups excluding carboxylic acids is 1. The number of para-hydroxylation sites is 1. The van der Waals surface area contributed by atoms with Crippen LogP contribution in [0.4, 0.5) is 17.6 Å². The third-order valence-electron chi connectivity index (χ3n) is 5.76. The molecule has 0 atom stereocenters. The van der Waals surface area contributed by atoms with Crippen molar-refractivity contribution in [2.24, 2.45) is 0 Å². The summed E-state index contributed by atoms with van der Waals surface area (Å²) in [5.41, 5.74) is 3.12. The number of aromatic amines is 1. The minimum atomic E-state index is -4.41. The molecular formula is C28H19F4N3O. The molecule has 2 heterocycles. The summed E-state index contributed by atoms with van der Waals surface area (Å²) < 4.78 is 52.1. The fourth-order valence-electron chi connectivity index (χ4n) is 4.03. The van der Waals surface area contributed by atoms with Crippen LogP contribution in [0.3, 0.4) is 0 Å². The number of pyridine rings is 1. The van der Waals surface area contributed by atoms with Crippen LogP contribution < -0.4 is 5.32 Å². The monoisotopic (exact) mass is 489 g/mol. The highest BCUT2D eigenvalue weighted by atomic mass is 19.4. The van der Waals surface area contributed by atoms with Crippen LogP contribution in [-0.2, 0) is 17.5 Å². The van der Waals surface area contributed by atoms with Gasteiger partial charge in [0.05, 0.1) is 29.0 Å². The van der Waals surface area contributed by atoms with Crippen molar-refractivity contribution >= 4 is 33.8 Å². The Morgan fingerprint density at radius 2 is 1.72 bits per heavy atom. The Kier molecular flexibility index (Phi) is 6.01. The molecule has 4 nitrogen and oxygen atoms in total. The second kappa shape index (κ2) is 9.30. The molecule has 0 aliphatic carbocycles. The van der Waals surface area contributed by atoms with Crippen molar-refractivity contribution in [3.8, 4) is 11.3 Å². The van der Waals surface area contributed by atoms with Gasteiger partial charge in [-0.15, -0.1) is 0 Å². The number of hydrogen-bond donors (Lipinski definition) is 2. The van der Waals surface area contributed by atoms with Crippen LogP contribution in [0.2, 0.25) is 0 Å². The van der Waals surface area contributed by atoms with E-state index in [2.05, 4.69) is 15.3 Å². The Labute approximate surface area is 203 Å². The smallest absolute Gasteiger partial charge is 0.353 e. The van der Waals surface area contributed by atoms with Crippen molar-refractivity contribution in [1.29, 1.82) is 0 Å². The number of rotatable bonds is 5. The maximum absolute atomic E-state index is 14.0. The van der Waals surface area contributed by atoms with E-state index in [1.807, 2.05) is 30.3 Å². The molecule has 5 aromatic rings. The summed E-state index contributed by atoms with van der Waals surface area (Å²) >= 11 is 0. The highest BCUT2D eigenvalue weighted by Crippen LogP contribution is 2.33. The van der Waals surface area contributed by atoms with Gasteiger partial charge in [-0.3, -0.25) is 4.79 Å². The van der Waals surface area contributed by atoms with Gasteiger partial charge in [-0.1, -0.05) is 42.5 Å². The molecule has 0 unspecified atom stereocenters. The van der Waals surface area contributed by atoms with Crippen LogP contribution in [0.25, 0.3) is 39.1 Å². The number of fused-ring (bicyclic) bond motifs is 3. The number of aromatic nitrogens is 2. The number of nitrogens with zero attached hydrogens (tertiary/aromatic N) is 1. The summed E-state index contributed by atoms with van der Waals surface area (Å²) in [6, 6.07) is 20.3. The van der Waals surface area contributed by atoms with E-state index >= 15 is 0 Å². The molecule has 0 saturated carbocycles. The molecule has 0 bridgehead atoms. The Balaban J connectivity index is 1.40. The number of benzene rings is 3. The number of H-pyrrole nitrogens is 1. The summed E-state index contributed by atoms with van der Waals surface area (Å²) in [5.74, 6) is -0.811. The second-order valence-corrected chi connectivity index (χ2v) is 8.24. The van der Waals surface area contributed by atoms with E-state index in [9.17, 15) is 22.4 Å². The molecule has 2 N–H and O–H groups in total. The molecule has 5 rings (SSSR count). The number of hydrogen-bond acceptors (Lipinski definition) is 2. The van der Waals surface area contributed by atoms with Gasteiger partial charge in [0.1, 0.15) is 5.82 Å². The van der Waals surface area contributed by atoms with Crippen LogP contribution in [0.1, 0.15) is 16.8 Å². The molecule has 180 valence electrons. The van der Waals surface area contributed by atoms with E-state index in [0.29, 0.717) is 22.5 Å². The van der Waals surface area contributed by atoms with Crippen molar-refractivity contribution in [2.75, 3.05) is 0 Å². The Morgan fingerprint density at radius 1 is 0.944 bits per heavy atom. The van der Waals surface area contributed by atoms with Crippen molar-refractivity contribution < 1.29 is 22.4 Å². The maximum Gasteiger partial charge on any atom is 0.416 e. The minimum Gasteiger partial charge on any atom is -0.353 e. The van der Waals surface area contributed by atoms with E-state index in [1.165, 1.54) is 36.4 Å². The van der Waals surface area contributed by atoms with Crippen molar-refractivity contribution in [2.45, 2.75) is 12.7 Å². The fourth-order valence-corrected chi connectivity index (χ4v) is 4.03. The largest absolute Gasteiger partial charge is 0.416 e. The zero-order valence-electron chi connectivity index (χ0n) is 18.7. The van der Waals surface area contributed by atoms with Crippen molar-refractivity contribution in [3.05, 3.63) is 108 Å². The third-order valence-corrected chi connectivity index (χ3v) is 5.76. The lowest BCUT2D eigenvalue weighted by atomic mass is 10.1.